The Morgan fingerprint density at radius 1 is 1.48 bits per heavy atom. The van der Waals surface area contributed by atoms with Gasteiger partial charge in [0, 0.05) is 26.0 Å². The van der Waals surface area contributed by atoms with Crippen molar-refractivity contribution in [3.05, 3.63) is 24.5 Å². The number of carboxylic acid groups (broad SMARTS) is 1. The molecule has 0 saturated carbocycles. The molecule has 1 atom stereocenters. The van der Waals surface area contributed by atoms with Crippen molar-refractivity contribution in [1.29, 1.82) is 0 Å². The van der Waals surface area contributed by atoms with E-state index in [2.05, 4.69) is 4.98 Å². The molecule has 1 saturated heterocycles. The van der Waals surface area contributed by atoms with Crippen LogP contribution in [0.5, 0.6) is 0 Å². The third kappa shape index (κ3) is 3.20. The van der Waals surface area contributed by atoms with Crippen molar-refractivity contribution >= 4 is 21.9 Å². The maximum Gasteiger partial charge on any atom is 0.329 e. The molecule has 1 aliphatic rings. The summed E-state index contributed by atoms with van der Waals surface area (Å²) in [7, 11) is -2.56. The Kier molecular flexibility index (Phi) is 4.71. The zero-order valence-corrected chi connectivity index (χ0v) is 13.8. The van der Waals surface area contributed by atoms with Crippen molar-refractivity contribution in [2.45, 2.75) is 30.2 Å². The fourth-order valence-electron chi connectivity index (χ4n) is 2.63. The second kappa shape index (κ2) is 6.25. The predicted octanol–water partition coefficient (Wildman–Crippen LogP) is 0.168. The maximum atomic E-state index is 12.4. The summed E-state index contributed by atoms with van der Waals surface area (Å²) >= 11 is 0. The molecule has 23 heavy (non-hydrogen) atoms. The third-order valence-corrected chi connectivity index (χ3v) is 5.89. The summed E-state index contributed by atoms with van der Waals surface area (Å²) in [5.41, 5.74) is -1.28. The number of likely N-dealkylation sites (tertiary alicyclic amines) is 1. The average molecular weight is 341 g/mol. The summed E-state index contributed by atoms with van der Waals surface area (Å²) in [6.45, 7) is 1.37. The fourth-order valence-corrected chi connectivity index (χ4v) is 3.71. The zero-order chi connectivity index (χ0) is 17.3. The van der Waals surface area contributed by atoms with E-state index in [1.165, 1.54) is 43.4 Å². The van der Waals surface area contributed by atoms with Gasteiger partial charge in [0.25, 0.3) is 0 Å². The number of likely N-dealkylation sites (N-methyl/N-ethyl adjacent to an activating group) is 1. The molecule has 0 radical (unpaired) electrons. The van der Waals surface area contributed by atoms with E-state index in [9.17, 15) is 23.1 Å². The molecule has 0 aromatic carbocycles. The Morgan fingerprint density at radius 3 is 2.74 bits per heavy atom. The van der Waals surface area contributed by atoms with Crippen LogP contribution in [0.1, 0.15) is 19.8 Å². The Bertz CT molecular complexity index is 706. The molecule has 1 aromatic rings. The number of aromatic nitrogens is 1. The van der Waals surface area contributed by atoms with Crippen LogP contribution in [0.2, 0.25) is 0 Å². The van der Waals surface area contributed by atoms with Crippen LogP contribution in [0.25, 0.3) is 0 Å². The van der Waals surface area contributed by atoms with E-state index in [0.717, 1.165) is 4.31 Å². The summed E-state index contributed by atoms with van der Waals surface area (Å²) in [4.78, 5) is 28.8. The van der Waals surface area contributed by atoms with Gasteiger partial charge in [-0.2, -0.15) is 4.31 Å². The van der Waals surface area contributed by atoms with Crippen LogP contribution in [-0.4, -0.2) is 65.3 Å². The zero-order valence-electron chi connectivity index (χ0n) is 13.0. The lowest BCUT2D eigenvalue weighted by Crippen LogP contribution is -2.53. The first-order valence-electron chi connectivity index (χ1n) is 7.10. The van der Waals surface area contributed by atoms with Gasteiger partial charge < -0.3 is 10.0 Å². The third-order valence-electron chi connectivity index (χ3n) is 4.10. The van der Waals surface area contributed by atoms with Gasteiger partial charge in [0.1, 0.15) is 10.4 Å². The SMILES string of the molecule is CN(CC(=O)N1CCCC1(C)C(=O)O)S(=O)(=O)c1cccnc1. The van der Waals surface area contributed by atoms with Crippen molar-refractivity contribution in [2.24, 2.45) is 0 Å². The van der Waals surface area contributed by atoms with E-state index in [4.69, 9.17) is 0 Å². The molecule has 0 spiro atoms. The summed E-state index contributed by atoms with van der Waals surface area (Å²) in [5, 5.41) is 9.33. The lowest BCUT2D eigenvalue weighted by Gasteiger charge is -2.32. The van der Waals surface area contributed by atoms with E-state index in [1.54, 1.807) is 0 Å². The number of carboxylic acids is 1. The van der Waals surface area contributed by atoms with E-state index >= 15 is 0 Å². The minimum atomic E-state index is -3.85. The van der Waals surface area contributed by atoms with Crippen LogP contribution < -0.4 is 0 Å². The number of rotatable bonds is 5. The Hall–Kier alpha value is -2.00. The standard InChI is InChI=1S/C14H19N3O5S/c1-14(13(19)20)6-4-8-17(14)12(18)10-16(2)23(21,22)11-5-3-7-15-9-11/h3,5,7,9H,4,6,8,10H2,1-2H3,(H,19,20). The monoisotopic (exact) mass is 341 g/mol. The largest absolute Gasteiger partial charge is 0.480 e. The molecule has 1 amide bonds. The molecule has 1 N–H and O–H groups in total. The van der Waals surface area contributed by atoms with E-state index in [-0.39, 0.29) is 4.90 Å². The number of hydrogen-bond donors (Lipinski definition) is 1. The average Bonchev–Trinajstić information content (AvgIpc) is 2.91. The number of amides is 1. The molecule has 1 aromatic heterocycles. The number of carbonyl (C=O) groups excluding carboxylic acids is 1. The van der Waals surface area contributed by atoms with Crippen LogP contribution >= 0.6 is 0 Å². The fraction of sp³-hybridized carbons (Fsp3) is 0.500. The molecule has 2 rings (SSSR count). The summed E-state index contributed by atoms with van der Waals surface area (Å²) in [5.74, 6) is -1.61. The van der Waals surface area contributed by atoms with Gasteiger partial charge in [-0.1, -0.05) is 0 Å². The first kappa shape index (κ1) is 17.4. The lowest BCUT2D eigenvalue weighted by molar-refractivity contribution is -0.155. The molecule has 1 unspecified atom stereocenters. The van der Waals surface area contributed by atoms with Crippen LogP contribution in [0.15, 0.2) is 29.4 Å². The number of pyridine rings is 1. The molecule has 9 heteroatoms. The van der Waals surface area contributed by atoms with E-state index < -0.39 is 34.0 Å². The van der Waals surface area contributed by atoms with E-state index in [0.29, 0.717) is 19.4 Å². The van der Waals surface area contributed by atoms with E-state index in [1.807, 2.05) is 0 Å². The van der Waals surface area contributed by atoms with Crippen molar-refractivity contribution in [3.63, 3.8) is 0 Å². The highest BCUT2D eigenvalue weighted by Crippen LogP contribution is 2.29. The number of hydrogen-bond acceptors (Lipinski definition) is 5. The highest BCUT2D eigenvalue weighted by atomic mass is 32.2. The number of carbonyl (C=O) groups is 2. The van der Waals surface area contributed by atoms with Crippen molar-refractivity contribution in [3.8, 4) is 0 Å². The van der Waals surface area contributed by atoms with Gasteiger partial charge in [0.05, 0.1) is 6.54 Å². The first-order valence-corrected chi connectivity index (χ1v) is 8.54. The maximum absolute atomic E-state index is 12.4. The van der Waals surface area contributed by atoms with Gasteiger partial charge in [-0.25, -0.2) is 13.2 Å². The topological polar surface area (TPSA) is 108 Å². The van der Waals surface area contributed by atoms with Crippen LogP contribution in [0.4, 0.5) is 0 Å². The molecular weight excluding hydrogens is 322 g/mol. The number of sulfonamides is 1. The highest BCUT2D eigenvalue weighted by molar-refractivity contribution is 7.89. The quantitative estimate of drug-likeness (QED) is 0.818. The Balaban J connectivity index is 2.16. The minimum absolute atomic E-state index is 0.0160. The normalized spacial score (nSPS) is 21.6. The van der Waals surface area contributed by atoms with Gasteiger partial charge in [-0.15, -0.1) is 0 Å². The first-order chi connectivity index (χ1) is 10.7. The Morgan fingerprint density at radius 2 is 2.17 bits per heavy atom. The molecule has 2 heterocycles. The lowest BCUT2D eigenvalue weighted by atomic mass is 9.99. The molecular formula is C14H19N3O5S. The summed E-state index contributed by atoms with van der Waals surface area (Å²) in [6, 6.07) is 2.88. The Labute approximate surface area is 134 Å². The smallest absolute Gasteiger partial charge is 0.329 e. The van der Waals surface area contributed by atoms with Crippen molar-refractivity contribution in [2.75, 3.05) is 20.1 Å². The number of nitrogens with zero attached hydrogens (tertiary/aromatic N) is 3. The van der Waals surface area contributed by atoms with Gasteiger partial charge in [-0.05, 0) is 31.9 Å². The van der Waals surface area contributed by atoms with Gasteiger partial charge in [0.15, 0.2) is 0 Å². The van der Waals surface area contributed by atoms with Crippen molar-refractivity contribution in [1.82, 2.24) is 14.2 Å². The second-order valence-electron chi connectivity index (χ2n) is 5.68. The molecule has 0 aliphatic carbocycles. The van der Waals surface area contributed by atoms with Gasteiger partial charge in [-0.3, -0.25) is 9.78 Å². The molecule has 8 nitrogen and oxygen atoms in total. The second-order valence-corrected chi connectivity index (χ2v) is 7.72. The van der Waals surface area contributed by atoms with Crippen LogP contribution in [0, 0.1) is 0 Å². The molecule has 0 bridgehead atoms. The van der Waals surface area contributed by atoms with Gasteiger partial charge >= 0.3 is 5.97 Å². The molecule has 1 aliphatic heterocycles. The number of aliphatic carboxylic acids is 1. The summed E-state index contributed by atoms with van der Waals surface area (Å²) in [6.07, 6.45) is 3.58. The van der Waals surface area contributed by atoms with Gasteiger partial charge in [0.2, 0.25) is 15.9 Å². The van der Waals surface area contributed by atoms with Crippen LogP contribution in [-0.2, 0) is 19.6 Å². The minimum Gasteiger partial charge on any atom is -0.480 e. The highest BCUT2D eigenvalue weighted by Gasteiger charge is 2.46. The van der Waals surface area contributed by atoms with Crippen LogP contribution in [0.3, 0.4) is 0 Å². The molecule has 1 fully saturated rings. The van der Waals surface area contributed by atoms with Crippen molar-refractivity contribution < 1.29 is 23.1 Å². The molecule has 126 valence electrons. The predicted molar refractivity (Wildman–Crippen MR) is 81.0 cm³/mol. The summed E-state index contributed by atoms with van der Waals surface area (Å²) < 4.78 is 25.7.